The maximum atomic E-state index is 12.0. The van der Waals surface area contributed by atoms with E-state index in [1.54, 1.807) is 24.3 Å². The van der Waals surface area contributed by atoms with E-state index >= 15 is 0 Å². The first-order valence-electron chi connectivity index (χ1n) is 6.97. The van der Waals surface area contributed by atoms with Crippen LogP contribution in [0.1, 0.15) is 36.5 Å². The molecule has 0 radical (unpaired) electrons. The largest absolute Gasteiger partial charge is 0.326 e. The van der Waals surface area contributed by atoms with Gasteiger partial charge in [-0.05, 0) is 37.8 Å². The minimum atomic E-state index is -2.89. The first-order valence-corrected chi connectivity index (χ1v) is 8.79. The smallest absolute Gasteiger partial charge is 0.224 e. The molecule has 1 aromatic carbocycles. The van der Waals surface area contributed by atoms with Gasteiger partial charge in [-0.3, -0.25) is 9.59 Å². The predicted molar refractivity (Wildman–Crippen MR) is 81.1 cm³/mol. The molecule has 5 nitrogen and oxygen atoms in total. The number of ketones is 1. The Labute approximate surface area is 124 Å². The van der Waals surface area contributed by atoms with E-state index in [1.165, 1.54) is 6.92 Å². The summed E-state index contributed by atoms with van der Waals surface area (Å²) in [4.78, 5) is 23.3. The number of hydrogen-bond donors (Lipinski definition) is 1. The molecule has 0 aliphatic carbocycles. The third-order valence-electron chi connectivity index (χ3n) is 3.70. The minimum absolute atomic E-state index is 0.0522. The van der Waals surface area contributed by atoms with Gasteiger partial charge in [-0.1, -0.05) is 12.1 Å². The monoisotopic (exact) mass is 309 g/mol. The van der Waals surface area contributed by atoms with Gasteiger partial charge in [-0.15, -0.1) is 0 Å². The first kappa shape index (κ1) is 15.7. The van der Waals surface area contributed by atoms with Crippen molar-refractivity contribution in [2.24, 2.45) is 5.92 Å². The van der Waals surface area contributed by atoms with Gasteiger partial charge in [0.25, 0.3) is 0 Å². The van der Waals surface area contributed by atoms with E-state index in [-0.39, 0.29) is 29.1 Å². The van der Waals surface area contributed by atoms with Crippen LogP contribution in [0.25, 0.3) is 0 Å². The van der Waals surface area contributed by atoms with Crippen LogP contribution in [-0.2, 0) is 14.6 Å². The second kappa shape index (κ2) is 6.39. The highest BCUT2D eigenvalue weighted by molar-refractivity contribution is 7.91. The fraction of sp³-hybridized carbons (Fsp3) is 0.467. The summed E-state index contributed by atoms with van der Waals surface area (Å²) >= 11 is 0. The summed E-state index contributed by atoms with van der Waals surface area (Å²) in [6, 6.07) is 6.80. The van der Waals surface area contributed by atoms with E-state index in [1.807, 2.05) is 0 Å². The Balaban J connectivity index is 1.90. The van der Waals surface area contributed by atoms with E-state index in [0.29, 0.717) is 30.5 Å². The number of anilines is 1. The third-order valence-corrected chi connectivity index (χ3v) is 5.42. The number of sulfone groups is 1. The molecule has 0 bridgehead atoms. The molecule has 0 saturated carbocycles. The summed E-state index contributed by atoms with van der Waals surface area (Å²) in [5.74, 6) is 0.267. The van der Waals surface area contributed by atoms with Crippen LogP contribution >= 0.6 is 0 Å². The van der Waals surface area contributed by atoms with Gasteiger partial charge in [0, 0.05) is 17.7 Å². The van der Waals surface area contributed by atoms with E-state index in [9.17, 15) is 18.0 Å². The molecule has 1 saturated heterocycles. The molecule has 1 aromatic rings. The molecule has 1 heterocycles. The van der Waals surface area contributed by atoms with Crippen molar-refractivity contribution in [1.82, 2.24) is 0 Å². The van der Waals surface area contributed by atoms with Crippen molar-refractivity contribution < 1.29 is 18.0 Å². The molecule has 1 amide bonds. The normalized spacial score (nSPS) is 18.1. The second-order valence-corrected chi connectivity index (χ2v) is 7.79. The van der Waals surface area contributed by atoms with Gasteiger partial charge < -0.3 is 5.32 Å². The maximum absolute atomic E-state index is 12.0. The molecule has 1 N–H and O–H groups in total. The molecular weight excluding hydrogens is 290 g/mol. The van der Waals surface area contributed by atoms with Crippen molar-refractivity contribution >= 4 is 27.2 Å². The number of nitrogens with one attached hydrogen (secondary N) is 1. The highest BCUT2D eigenvalue weighted by atomic mass is 32.2. The van der Waals surface area contributed by atoms with Gasteiger partial charge in [0.15, 0.2) is 5.78 Å². The van der Waals surface area contributed by atoms with Crippen LogP contribution in [-0.4, -0.2) is 31.6 Å². The lowest BCUT2D eigenvalue weighted by Gasteiger charge is -2.21. The number of carbonyl (C=O) groups is 2. The highest BCUT2D eigenvalue weighted by Crippen LogP contribution is 2.22. The molecule has 2 rings (SSSR count). The van der Waals surface area contributed by atoms with Gasteiger partial charge in [0.2, 0.25) is 5.91 Å². The van der Waals surface area contributed by atoms with Crippen molar-refractivity contribution in [2.75, 3.05) is 16.8 Å². The lowest BCUT2D eigenvalue weighted by atomic mass is 9.98. The number of benzene rings is 1. The fourth-order valence-corrected chi connectivity index (χ4v) is 4.02. The zero-order valence-electron chi connectivity index (χ0n) is 12.0. The average Bonchev–Trinajstić information content (AvgIpc) is 2.41. The van der Waals surface area contributed by atoms with Gasteiger partial charge in [0.05, 0.1) is 11.5 Å². The van der Waals surface area contributed by atoms with E-state index < -0.39 is 9.84 Å². The molecule has 1 aliphatic rings. The summed E-state index contributed by atoms with van der Waals surface area (Å²) in [7, 11) is -2.89. The van der Waals surface area contributed by atoms with Crippen LogP contribution in [0.2, 0.25) is 0 Å². The molecule has 1 aliphatic heterocycles. The Kier molecular flexibility index (Phi) is 4.77. The van der Waals surface area contributed by atoms with Gasteiger partial charge >= 0.3 is 0 Å². The lowest BCUT2D eigenvalue weighted by Crippen LogP contribution is -2.26. The van der Waals surface area contributed by atoms with Gasteiger partial charge in [-0.25, -0.2) is 8.42 Å². The number of hydrogen-bond acceptors (Lipinski definition) is 4. The average molecular weight is 309 g/mol. The Morgan fingerprint density at radius 2 is 1.90 bits per heavy atom. The molecule has 0 aromatic heterocycles. The minimum Gasteiger partial charge on any atom is -0.326 e. The number of rotatable bonds is 4. The first-order chi connectivity index (χ1) is 9.85. The molecular formula is C15H19NO4S. The Hall–Kier alpha value is -1.69. The Morgan fingerprint density at radius 3 is 2.52 bits per heavy atom. The number of Topliss-reactive ketones (excluding diaryl/α,β-unsaturated/α-hetero) is 1. The molecule has 6 heteroatoms. The maximum Gasteiger partial charge on any atom is 0.224 e. The van der Waals surface area contributed by atoms with Crippen LogP contribution in [0.4, 0.5) is 5.69 Å². The second-order valence-electron chi connectivity index (χ2n) is 5.48. The molecule has 21 heavy (non-hydrogen) atoms. The van der Waals surface area contributed by atoms with Crippen molar-refractivity contribution in [3.63, 3.8) is 0 Å². The van der Waals surface area contributed by atoms with Gasteiger partial charge in [0.1, 0.15) is 9.84 Å². The zero-order chi connectivity index (χ0) is 15.5. The Morgan fingerprint density at radius 1 is 1.24 bits per heavy atom. The van der Waals surface area contributed by atoms with Crippen molar-refractivity contribution in [3.8, 4) is 0 Å². The summed E-state index contributed by atoms with van der Waals surface area (Å²) < 4.78 is 22.7. The fourth-order valence-electron chi connectivity index (χ4n) is 2.43. The predicted octanol–water partition coefficient (Wildman–Crippen LogP) is 2.04. The van der Waals surface area contributed by atoms with Crippen LogP contribution in [0, 0.1) is 5.92 Å². The highest BCUT2D eigenvalue weighted by Gasteiger charge is 2.25. The lowest BCUT2D eigenvalue weighted by molar-refractivity contribution is -0.117. The molecule has 0 unspecified atom stereocenters. The zero-order valence-corrected chi connectivity index (χ0v) is 12.8. The Bertz CT molecular complexity index is 637. The summed E-state index contributed by atoms with van der Waals surface area (Å²) in [5, 5.41) is 2.76. The van der Waals surface area contributed by atoms with Crippen LogP contribution in [0.15, 0.2) is 24.3 Å². The van der Waals surface area contributed by atoms with E-state index in [4.69, 9.17) is 0 Å². The third kappa shape index (κ3) is 4.67. The van der Waals surface area contributed by atoms with Crippen molar-refractivity contribution in [2.45, 2.75) is 26.2 Å². The number of carbonyl (C=O) groups excluding carboxylic acids is 2. The SMILES string of the molecule is CC(=O)c1cccc(NC(=O)CC2CCS(=O)(=O)CC2)c1. The van der Waals surface area contributed by atoms with E-state index in [0.717, 1.165) is 0 Å². The topological polar surface area (TPSA) is 80.3 Å². The molecule has 0 spiro atoms. The van der Waals surface area contributed by atoms with Crippen molar-refractivity contribution in [3.05, 3.63) is 29.8 Å². The number of amides is 1. The standard InChI is InChI=1S/C15H19NO4S/c1-11(17)13-3-2-4-14(10-13)16-15(18)9-12-5-7-21(19,20)8-6-12/h2-4,10,12H,5-9H2,1H3,(H,16,18). The molecule has 114 valence electrons. The van der Waals surface area contributed by atoms with Crippen LogP contribution in [0.3, 0.4) is 0 Å². The van der Waals surface area contributed by atoms with Crippen LogP contribution in [0.5, 0.6) is 0 Å². The van der Waals surface area contributed by atoms with Gasteiger partial charge in [-0.2, -0.15) is 0 Å². The summed E-state index contributed by atoms with van der Waals surface area (Å²) in [6.07, 6.45) is 1.41. The summed E-state index contributed by atoms with van der Waals surface area (Å²) in [6.45, 7) is 1.48. The molecule has 1 fully saturated rings. The summed E-state index contributed by atoms with van der Waals surface area (Å²) in [5.41, 5.74) is 1.15. The van der Waals surface area contributed by atoms with Crippen molar-refractivity contribution in [1.29, 1.82) is 0 Å². The molecule has 0 atom stereocenters. The van der Waals surface area contributed by atoms with E-state index in [2.05, 4.69) is 5.32 Å². The quantitative estimate of drug-likeness (QED) is 0.863. The van der Waals surface area contributed by atoms with Crippen LogP contribution < -0.4 is 5.32 Å².